The zero-order valence-corrected chi connectivity index (χ0v) is 13.6. The normalized spacial score (nSPS) is 26.3. The van der Waals surface area contributed by atoms with Crippen molar-refractivity contribution in [1.82, 2.24) is 14.7 Å². The van der Waals surface area contributed by atoms with Crippen LogP contribution < -0.4 is 4.90 Å². The SMILES string of the molecule is CC[C@H]1OCCC[C@@H]1C(=O)N1CCN(c2cnn(C)c2)CC1. The molecule has 0 radical (unpaired) electrons. The molecule has 2 aliphatic rings. The molecule has 0 aromatic carbocycles. The Kier molecular flexibility index (Phi) is 4.66. The van der Waals surface area contributed by atoms with E-state index in [1.807, 2.05) is 29.0 Å². The van der Waals surface area contributed by atoms with Crippen LogP contribution in [0.15, 0.2) is 12.4 Å². The van der Waals surface area contributed by atoms with Crippen LogP contribution in [0.5, 0.6) is 0 Å². The second-order valence-electron chi connectivity index (χ2n) is 6.25. The number of amides is 1. The lowest BCUT2D eigenvalue weighted by atomic mass is 9.91. The van der Waals surface area contributed by atoms with Crippen LogP contribution in [0.1, 0.15) is 26.2 Å². The summed E-state index contributed by atoms with van der Waals surface area (Å²) in [7, 11) is 1.93. The van der Waals surface area contributed by atoms with E-state index in [-0.39, 0.29) is 17.9 Å². The summed E-state index contributed by atoms with van der Waals surface area (Å²) in [6.07, 6.45) is 6.92. The van der Waals surface area contributed by atoms with Gasteiger partial charge in [0.1, 0.15) is 0 Å². The van der Waals surface area contributed by atoms with Gasteiger partial charge in [-0.15, -0.1) is 0 Å². The molecule has 1 amide bonds. The van der Waals surface area contributed by atoms with E-state index in [1.54, 1.807) is 0 Å². The molecule has 122 valence electrons. The molecule has 22 heavy (non-hydrogen) atoms. The third kappa shape index (κ3) is 3.11. The van der Waals surface area contributed by atoms with Gasteiger partial charge in [0.05, 0.1) is 23.9 Å². The second-order valence-corrected chi connectivity index (χ2v) is 6.25. The van der Waals surface area contributed by atoms with E-state index in [0.29, 0.717) is 0 Å². The molecule has 6 nitrogen and oxygen atoms in total. The smallest absolute Gasteiger partial charge is 0.228 e. The van der Waals surface area contributed by atoms with Crippen molar-refractivity contribution in [2.24, 2.45) is 13.0 Å². The average Bonchev–Trinajstić information content (AvgIpc) is 3.01. The Morgan fingerprint density at radius 1 is 1.36 bits per heavy atom. The number of ether oxygens (including phenoxy) is 1. The molecule has 1 aromatic rings. The van der Waals surface area contributed by atoms with Gasteiger partial charge in [0.25, 0.3) is 0 Å². The molecule has 0 N–H and O–H groups in total. The van der Waals surface area contributed by atoms with Gasteiger partial charge in [-0.1, -0.05) is 6.92 Å². The summed E-state index contributed by atoms with van der Waals surface area (Å²) in [5.41, 5.74) is 1.14. The van der Waals surface area contributed by atoms with Crippen molar-refractivity contribution >= 4 is 11.6 Å². The minimum atomic E-state index is 0.0590. The number of aromatic nitrogens is 2. The fraction of sp³-hybridized carbons (Fsp3) is 0.750. The molecule has 6 heteroatoms. The van der Waals surface area contributed by atoms with Gasteiger partial charge in [-0.3, -0.25) is 9.48 Å². The zero-order chi connectivity index (χ0) is 15.5. The van der Waals surface area contributed by atoms with Crippen molar-refractivity contribution in [1.29, 1.82) is 0 Å². The minimum Gasteiger partial charge on any atom is -0.377 e. The lowest BCUT2D eigenvalue weighted by Crippen LogP contribution is -2.52. The number of carbonyl (C=O) groups excluding carboxylic acids is 1. The molecule has 0 unspecified atom stereocenters. The van der Waals surface area contributed by atoms with Crippen molar-refractivity contribution < 1.29 is 9.53 Å². The maximum Gasteiger partial charge on any atom is 0.228 e. The Bertz CT molecular complexity index is 508. The number of hydrogen-bond acceptors (Lipinski definition) is 4. The third-order valence-electron chi connectivity index (χ3n) is 4.81. The number of piperazine rings is 1. The van der Waals surface area contributed by atoms with Crippen molar-refractivity contribution in [2.45, 2.75) is 32.3 Å². The molecule has 0 aliphatic carbocycles. The highest BCUT2D eigenvalue weighted by Crippen LogP contribution is 2.26. The molecule has 2 fully saturated rings. The highest BCUT2D eigenvalue weighted by Gasteiger charge is 2.34. The molecule has 0 bridgehead atoms. The Morgan fingerprint density at radius 2 is 2.14 bits per heavy atom. The first-order chi connectivity index (χ1) is 10.7. The number of nitrogens with zero attached hydrogens (tertiary/aromatic N) is 4. The number of rotatable bonds is 3. The van der Waals surface area contributed by atoms with E-state index in [9.17, 15) is 4.79 Å². The first-order valence-corrected chi connectivity index (χ1v) is 8.33. The Labute approximate surface area is 132 Å². The Morgan fingerprint density at radius 3 is 2.77 bits per heavy atom. The van der Waals surface area contributed by atoms with E-state index >= 15 is 0 Å². The van der Waals surface area contributed by atoms with E-state index in [0.717, 1.165) is 57.7 Å². The molecule has 1 aromatic heterocycles. The predicted molar refractivity (Wildman–Crippen MR) is 84.8 cm³/mol. The fourth-order valence-electron chi connectivity index (χ4n) is 3.52. The standard InChI is InChI=1S/C16H26N4O2/c1-3-15-14(5-4-10-22-15)16(21)20-8-6-19(7-9-20)13-11-17-18(2)12-13/h11-12,14-15H,3-10H2,1-2H3/t14-,15+/m0/s1. The van der Waals surface area contributed by atoms with Crippen LogP contribution in [0.3, 0.4) is 0 Å². The van der Waals surface area contributed by atoms with Gasteiger partial charge in [-0.25, -0.2) is 0 Å². The van der Waals surface area contributed by atoms with Crippen LogP contribution in [0.4, 0.5) is 5.69 Å². The summed E-state index contributed by atoms with van der Waals surface area (Å²) in [6.45, 7) is 6.25. The molecule has 2 saturated heterocycles. The van der Waals surface area contributed by atoms with Gasteiger partial charge in [-0.2, -0.15) is 5.10 Å². The van der Waals surface area contributed by atoms with Crippen LogP contribution in [0.25, 0.3) is 0 Å². The van der Waals surface area contributed by atoms with Crippen LogP contribution in [-0.4, -0.2) is 59.5 Å². The molecule has 0 spiro atoms. The quantitative estimate of drug-likeness (QED) is 0.844. The molecular weight excluding hydrogens is 280 g/mol. The van der Waals surface area contributed by atoms with Crippen LogP contribution in [-0.2, 0) is 16.6 Å². The summed E-state index contributed by atoms with van der Waals surface area (Å²) >= 11 is 0. The maximum atomic E-state index is 12.8. The fourth-order valence-corrected chi connectivity index (χ4v) is 3.52. The molecule has 0 saturated carbocycles. The highest BCUT2D eigenvalue weighted by atomic mass is 16.5. The van der Waals surface area contributed by atoms with Gasteiger partial charge in [0.2, 0.25) is 5.91 Å². The lowest BCUT2D eigenvalue weighted by molar-refractivity contribution is -0.145. The number of carbonyl (C=O) groups is 1. The van der Waals surface area contributed by atoms with Gasteiger partial charge >= 0.3 is 0 Å². The number of aryl methyl sites for hydroxylation is 1. The van der Waals surface area contributed by atoms with Crippen molar-refractivity contribution in [3.63, 3.8) is 0 Å². The van der Waals surface area contributed by atoms with Crippen LogP contribution >= 0.6 is 0 Å². The zero-order valence-electron chi connectivity index (χ0n) is 13.6. The number of anilines is 1. The first kappa shape index (κ1) is 15.3. The van der Waals surface area contributed by atoms with E-state index in [4.69, 9.17) is 4.74 Å². The predicted octanol–water partition coefficient (Wildman–Crippen LogP) is 1.27. The topological polar surface area (TPSA) is 50.6 Å². The van der Waals surface area contributed by atoms with Gasteiger partial charge in [0, 0.05) is 46.0 Å². The number of hydrogen-bond donors (Lipinski definition) is 0. The summed E-state index contributed by atoms with van der Waals surface area (Å²) in [5, 5.41) is 4.22. The monoisotopic (exact) mass is 306 g/mol. The molecular formula is C16H26N4O2. The van der Waals surface area contributed by atoms with Crippen LogP contribution in [0, 0.1) is 5.92 Å². The maximum absolute atomic E-state index is 12.8. The largest absolute Gasteiger partial charge is 0.377 e. The van der Waals surface area contributed by atoms with Crippen LogP contribution in [0.2, 0.25) is 0 Å². The van der Waals surface area contributed by atoms with E-state index in [2.05, 4.69) is 16.9 Å². The molecule has 3 rings (SSSR count). The van der Waals surface area contributed by atoms with E-state index < -0.39 is 0 Å². The minimum absolute atomic E-state index is 0.0590. The summed E-state index contributed by atoms with van der Waals surface area (Å²) in [4.78, 5) is 17.1. The Hall–Kier alpha value is -1.56. The average molecular weight is 306 g/mol. The van der Waals surface area contributed by atoms with Crippen molar-refractivity contribution in [3.8, 4) is 0 Å². The second kappa shape index (κ2) is 6.69. The summed E-state index contributed by atoms with van der Waals surface area (Å²) < 4.78 is 7.59. The summed E-state index contributed by atoms with van der Waals surface area (Å²) in [5.74, 6) is 0.348. The molecule has 3 heterocycles. The van der Waals surface area contributed by atoms with E-state index in [1.165, 1.54) is 0 Å². The molecule has 2 aliphatic heterocycles. The third-order valence-corrected chi connectivity index (χ3v) is 4.81. The highest BCUT2D eigenvalue weighted by molar-refractivity contribution is 5.80. The van der Waals surface area contributed by atoms with Gasteiger partial charge < -0.3 is 14.5 Å². The Balaban J connectivity index is 1.57. The van der Waals surface area contributed by atoms with Gasteiger partial charge in [-0.05, 0) is 19.3 Å². The lowest BCUT2D eigenvalue weighted by Gasteiger charge is -2.39. The van der Waals surface area contributed by atoms with Gasteiger partial charge in [0.15, 0.2) is 0 Å². The van der Waals surface area contributed by atoms with Crippen molar-refractivity contribution in [2.75, 3.05) is 37.7 Å². The first-order valence-electron chi connectivity index (χ1n) is 8.33. The van der Waals surface area contributed by atoms with Crippen molar-refractivity contribution in [3.05, 3.63) is 12.4 Å². The molecule has 2 atom stereocenters. The summed E-state index contributed by atoms with van der Waals surface area (Å²) in [6, 6.07) is 0.